The maximum absolute atomic E-state index is 6.05. The second-order valence-electron chi connectivity index (χ2n) is 5.53. The molecule has 0 unspecified atom stereocenters. The third-order valence-electron chi connectivity index (χ3n) is 4.13. The number of nitrogens with two attached hydrogens (primary N) is 1. The molecule has 0 bridgehead atoms. The van der Waals surface area contributed by atoms with Crippen molar-refractivity contribution in [3.8, 4) is 0 Å². The van der Waals surface area contributed by atoms with Crippen molar-refractivity contribution in [3.05, 3.63) is 23.8 Å². The predicted molar refractivity (Wildman–Crippen MR) is 83.5 cm³/mol. The first-order valence-electron chi connectivity index (χ1n) is 7.05. The van der Waals surface area contributed by atoms with Crippen molar-refractivity contribution in [1.29, 1.82) is 0 Å². The number of aromatic nitrogens is 2. The molecule has 108 valence electrons. The minimum atomic E-state index is 0.287. The number of benzene rings is 1. The van der Waals surface area contributed by atoms with Crippen molar-refractivity contribution >= 4 is 33.8 Å². The lowest BCUT2D eigenvalue weighted by Crippen LogP contribution is -2.57. The van der Waals surface area contributed by atoms with Crippen LogP contribution in [0, 0.1) is 6.92 Å². The summed E-state index contributed by atoms with van der Waals surface area (Å²) in [4.78, 5) is 10.9. The van der Waals surface area contributed by atoms with Gasteiger partial charge in [0.25, 0.3) is 0 Å². The van der Waals surface area contributed by atoms with E-state index in [0.29, 0.717) is 6.04 Å². The molecule has 1 aliphatic heterocycles. The van der Waals surface area contributed by atoms with E-state index in [-0.39, 0.29) is 5.95 Å². The molecule has 0 radical (unpaired) electrons. The highest BCUT2D eigenvalue weighted by Crippen LogP contribution is 2.35. The lowest BCUT2D eigenvalue weighted by molar-refractivity contribution is 0.446. The third-order valence-corrected chi connectivity index (χ3v) is 4.13. The second kappa shape index (κ2) is 4.33. The Morgan fingerprint density at radius 1 is 1.29 bits per heavy atom. The maximum Gasteiger partial charge on any atom is 0.222 e. The molecule has 0 aliphatic carbocycles. The number of anilines is 2. The Hall–Kier alpha value is -2.34. The standard InChI is InChI=1S/C15H17N5O/c1-8-4-3-5-10-11-13(21-12(8)10)14(19-15(16)18-11)20-6-9(7-20)17-2/h3-5,9,17H,6-7H2,1-2H3,(H2,16,18,19). The number of nitrogens with one attached hydrogen (secondary N) is 1. The van der Waals surface area contributed by atoms with Crippen LogP contribution in [0.1, 0.15) is 5.56 Å². The number of nitrogen functional groups attached to an aromatic ring is 1. The van der Waals surface area contributed by atoms with Gasteiger partial charge in [0, 0.05) is 24.5 Å². The van der Waals surface area contributed by atoms with Gasteiger partial charge in [-0.05, 0) is 25.6 Å². The fourth-order valence-corrected chi connectivity index (χ4v) is 2.86. The van der Waals surface area contributed by atoms with Crippen LogP contribution >= 0.6 is 0 Å². The molecular weight excluding hydrogens is 266 g/mol. The van der Waals surface area contributed by atoms with Gasteiger partial charge in [0.05, 0.1) is 0 Å². The van der Waals surface area contributed by atoms with E-state index in [0.717, 1.165) is 46.5 Å². The van der Waals surface area contributed by atoms with E-state index in [9.17, 15) is 0 Å². The summed E-state index contributed by atoms with van der Waals surface area (Å²) in [5.74, 6) is 1.08. The van der Waals surface area contributed by atoms with E-state index >= 15 is 0 Å². The summed E-state index contributed by atoms with van der Waals surface area (Å²) in [7, 11) is 1.97. The Bertz CT molecular complexity index is 835. The van der Waals surface area contributed by atoms with Crippen LogP contribution in [0.3, 0.4) is 0 Å². The van der Waals surface area contributed by atoms with Crippen molar-refractivity contribution in [2.75, 3.05) is 30.8 Å². The van der Waals surface area contributed by atoms with Gasteiger partial charge in [-0.2, -0.15) is 4.98 Å². The molecule has 3 aromatic rings. The number of hydrogen-bond acceptors (Lipinski definition) is 6. The van der Waals surface area contributed by atoms with Crippen LogP contribution in [0.5, 0.6) is 0 Å². The number of nitrogens with zero attached hydrogens (tertiary/aromatic N) is 3. The first-order chi connectivity index (χ1) is 10.2. The molecule has 1 fully saturated rings. The van der Waals surface area contributed by atoms with Crippen molar-refractivity contribution < 1.29 is 4.42 Å². The fraction of sp³-hybridized carbons (Fsp3) is 0.333. The van der Waals surface area contributed by atoms with Gasteiger partial charge < -0.3 is 20.4 Å². The first-order valence-corrected chi connectivity index (χ1v) is 7.05. The number of rotatable bonds is 2. The van der Waals surface area contributed by atoms with Gasteiger partial charge >= 0.3 is 0 Å². The minimum absolute atomic E-state index is 0.287. The topological polar surface area (TPSA) is 80.2 Å². The number of furan rings is 1. The molecule has 6 heteroatoms. The number of para-hydroxylation sites is 1. The summed E-state index contributed by atoms with van der Waals surface area (Å²) in [5.41, 5.74) is 9.36. The molecule has 21 heavy (non-hydrogen) atoms. The molecular formula is C15H17N5O. The summed E-state index contributed by atoms with van der Waals surface area (Å²) in [6, 6.07) is 6.53. The van der Waals surface area contributed by atoms with Gasteiger partial charge in [0.2, 0.25) is 5.95 Å². The molecule has 0 amide bonds. The highest BCUT2D eigenvalue weighted by Gasteiger charge is 2.30. The van der Waals surface area contributed by atoms with Crippen LogP contribution in [0.15, 0.2) is 22.6 Å². The largest absolute Gasteiger partial charge is 0.450 e. The molecule has 1 saturated heterocycles. The molecule has 3 heterocycles. The number of aryl methyl sites for hydroxylation is 1. The lowest BCUT2D eigenvalue weighted by Gasteiger charge is -2.39. The maximum atomic E-state index is 6.05. The van der Waals surface area contributed by atoms with Gasteiger partial charge in [0.1, 0.15) is 11.1 Å². The monoisotopic (exact) mass is 283 g/mol. The quantitative estimate of drug-likeness (QED) is 0.745. The summed E-state index contributed by atoms with van der Waals surface area (Å²) >= 11 is 0. The van der Waals surface area contributed by atoms with Crippen molar-refractivity contribution in [3.63, 3.8) is 0 Å². The highest BCUT2D eigenvalue weighted by atomic mass is 16.3. The van der Waals surface area contributed by atoms with Gasteiger partial charge in [-0.15, -0.1) is 0 Å². The van der Waals surface area contributed by atoms with E-state index < -0.39 is 0 Å². The van der Waals surface area contributed by atoms with Gasteiger partial charge in [0.15, 0.2) is 11.4 Å². The van der Waals surface area contributed by atoms with Crippen LogP contribution in [-0.4, -0.2) is 36.1 Å². The normalized spacial score (nSPS) is 15.8. The molecule has 0 saturated carbocycles. The average molecular weight is 283 g/mol. The summed E-state index contributed by atoms with van der Waals surface area (Å²) in [5, 5.41) is 4.24. The Balaban J connectivity index is 1.95. The van der Waals surface area contributed by atoms with Crippen LogP contribution in [-0.2, 0) is 0 Å². The molecule has 0 atom stereocenters. The number of hydrogen-bond donors (Lipinski definition) is 2. The zero-order chi connectivity index (χ0) is 14.6. The smallest absolute Gasteiger partial charge is 0.222 e. The van der Waals surface area contributed by atoms with E-state index in [1.54, 1.807) is 0 Å². The van der Waals surface area contributed by atoms with Gasteiger partial charge in [-0.3, -0.25) is 0 Å². The Morgan fingerprint density at radius 2 is 2.10 bits per heavy atom. The van der Waals surface area contributed by atoms with E-state index in [4.69, 9.17) is 10.2 Å². The van der Waals surface area contributed by atoms with E-state index in [1.807, 2.05) is 32.2 Å². The second-order valence-corrected chi connectivity index (χ2v) is 5.53. The predicted octanol–water partition coefficient (Wildman–Crippen LogP) is 1.67. The molecule has 6 nitrogen and oxygen atoms in total. The lowest BCUT2D eigenvalue weighted by atomic mass is 10.1. The van der Waals surface area contributed by atoms with E-state index in [2.05, 4.69) is 20.2 Å². The van der Waals surface area contributed by atoms with Crippen LogP contribution < -0.4 is 16.0 Å². The number of fused-ring (bicyclic) bond motifs is 3. The summed E-state index contributed by atoms with van der Waals surface area (Å²) in [6.07, 6.45) is 0. The Labute approximate surface area is 121 Å². The van der Waals surface area contributed by atoms with E-state index in [1.165, 1.54) is 0 Å². The first kappa shape index (κ1) is 12.4. The van der Waals surface area contributed by atoms with Gasteiger partial charge in [-0.1, -0.05) is 12.1 Å². The average Bonchev–Trinajstić information content (AvgIpc) is 2.78. The Kier molecular flexibility index (Phi) is 2.56. The summed E-state index contributed by atoms with van der Waals surface area (Å²) < 4.78 is 6.05. The molecule has 0 spiro atoms. The molecule has 3 N–H and O–H groups in total. The summed E-state index contributed by atoms with van der Waals surface area (Å²) in [6.45, 7) is 3.83. The Morgan fingerprint density at radius 3 is 2.86 bits per heavy atom. The van der Waals surface area contributed by atoms with Crippen LogP contribution in [0.2, 0.25) is 0 Å². The van der Waals surface area contributed by atoms with Crippen molar-refractivity contribution in [2.24, 2.45) is 0 Å². The molecule has 2 aromatic heterocycles. The van der Waals surface area contributed by atoms with Crippen LogP contribution in [0.25, 0.3) is 22.1 Å². The molecule has 1 aliphatic rings. The van der Waals surface area contributed by atoms with Crippen LogP contribution in [0.4, 0.5) is 11.8 Å². The number of likely N-dealkylation sites (N-methyl/N-ethyl adjacent to an activating group) is 1. The highest BCUT2D eigenvalue weighted by molar-refractivity contribution is 6.07. The SMILES string of the molecule is CNC1CN(c2nc(N)nc3c2oc2c(C)cccc23)C1. The molecule has 4 rings (SSSR count). The van der Waals surface area contributed by atoms with Gasteiger partial charge in [-0.25, -0.2) is 4.98 Å². The van der Waals surface area contributed by atoms with Crippen molar-refractivity contribution in [2.45, 2.75) is 13.0 Å². The third kappa shape index (κ3) is 1.76. The molecule has 1 aromatic carbocycles. The fourth-order valence-electron chi connectivity index (χ4n) is 2.86. The zero-order valence-electron chi connectivity index (χ0n) is 12.1. The zero-order valence-corrected chi connectivity index (χ0v) is 12.1. The minimum Gasteiger partial charge on any atom is -0.450 e. The van der Waals surface area contributed by atoms with Crippen molar-refractivity contribution in [1.82, 2.24) is 15.3 Å².